The number of nitrogens with one attached hydrogen (secondary N) is 7. The van der Waals surface area contributed by atoms with Gasteiger partial charge in [-0.2, -0.15) is 5.10 Å². The number of rotatable bonds is 2. The summed E-state index contributed by atoms with van der Waals surface area (Å²) < 4.78 is 113. The predicted octanol–water partition coefficient (Wildman–Crippen LogP) is 27.4. The number of hydrazone groups is 1. The van der Waals surface area contributed by atoms with Crippen LogP contribution in [-0.2, 0) is 39.9 Å². The number of hydrogen-bond acceptors (Lipinski definition) is 21. The van der Waals surface area contributed by atoms with Crippen LogP contribution in [0.15, 0.2) is 68.6 Å². The highest BCUT2D eigenvalue weighted by Gasteiger charge is 2.42. The first-order valence-electron chi connectivity index (χ1n) is 38.9. The largest absolute Gasteiger partial charge is 0.480 e. The van der Waals surface area contributed by atoms with Gasteiger partial charge in [-0.25, -0.2) is 46.2 Å². The van der Waals surface area contributed by atoms with E-state index in [0.29, 0.717) is 79.8 Å². The second-order valence-electron chi connectivity index (χ2n) is 33.7. The lowest BCUT2D eigenvalue weighted by molar-refractivity contribution is -0.385. The molecular weight excluding hydrogens is 2040 g/mol. The van der Waals surface area contributed by atoms with Gasteiger partial charge in [-0.3, -0.25) is 28.8 Å². The fraction of sp³-hybridized carbons (Fsp3) is 0.371. The Balaban J connectivity index is 0.000000388. The summed E-state index contributed by atoms with van der Waals surface area (Å²) >= 11 is 57.5. The molecule has 0 amide bonds. The van der Waals surface area contributed by atoms with Gasteiger partial charge in [-0.05, 0) is 288 Å². The van der Waals surface area contributed by atoms with Gasteiger partial charge in [0.05, 0.1) is 135 Å². The number of carboxylic acids is 1. The van der Waals surface area contributed by atoms with Gasteiger partial charge in [-0.1, -0.05) is 120 Å². The number of anilines is 7. The van der Waals surface area contributed by atoms with Gasteiger partial charge in [0.1, 0.15) is 28.8 Å². The second kappa shape index (κ2) is 45.1. The van der Waals surface area contributed by atoms with Crippen LogP contribution < -0.4 is 49.6 Å². The first-order chi connectivity index (χ1) is 59.7. The van der Waals surface area contributed by atoms with Gasteiger partial charge in [0, 0.05) is 41.3 Å². The molecule has 132 heavy (non-hydrogen) atoms. The number of nitro benzene ring substituents is 1. The van der Waals surface area contributed by atoms with Crippen molar-refractivity contribution < 1.29 is 56.2 Å². The maximum atomic E-state index is 14.5. The van der Waals surface area contributed by atoms with Gasteiger partial charge in [-0.15, -0.1) is 20.4 Å². The molecule has 8 aromatic carbocycles. The Morgan fingerprint density at radius 2 is 0.848 bits per heavy atom. The van der Waals surface area contributed by atoms with Crippen LogP contribution in [0.4, 0.5) is 80.6 Å². The molecule has 5 aliphatic heterocycles. The van der Waals surface area contributed by atoms with Gasteiger partial charge >= 0.3 is 5.97 Å². The number of thiocarbonyl (C=S) groups is 1. The van der Waals surface area contributed by atoms with Crippen LogP contribution in [0.5, 0.6) is 0 Å². The van der Waals surface area contributed by atoms with Crippen molar-refractivity contribution >= 4 is 205 Å². The molecule has 720 valence electrons. The number of ketones is 1. The van der Waals surface area contributed by atoms with Gasteiger partial charge in [0.15, 0.2) is 52.3 Å². The van der Waals surface area contributed by atoms with E-state index in [1.807, 2.05) is 113 Å². The molecule has 0 saturated heterocycles. The second-order valence-corrected chi connectivity index (χ2v) is 39.0. The zero-order valence-corrected chi connectivity index (χ0v) is 84.5. The first kappa shape index (κ1) is 115. The summed E-state index contributed by atoms with van der Waals surface area (Å²) in [6, 6.07) is 12.7. The third-order valence-corrected chi connectivity index (χ3v) is 25.9. The van der Waals surface area contributed by atoms with Crippen LogP contribution >= 0.6 is 137 Å². The zero-order valence-electron chi connectivity index (χ0n) is 74.5. The van der Waals surface area contributed by atoms with Crippen molar-refractivity contribution in [3.63, 3.8) is 0 Å². The predicted molar refractivity (Wildman–Crippen MR) is 533 cm³/mol. The Morgan fingerprint density at radius 1 is 0.508 bits per heavy atom. The number of aromatic nitrogens is 6. The van der Waals surface area contributed by atoms with E-state index in [-0.39, 0.29) is 90.2 Å². The number of benzene rings is 8. The molecule has 7 heterocycles. The third kappa shape index (κ3) is 25.8. The Labute approximate surface area is 825 Å². The van der Waals surface area contributed by atoms with Gasteiger partial charge in [0.25, 0.3) is 5.69 Å². The topological polar surface area (TPSA) is 383 Å². The van der Waals surface area contributed by atoms with Crippen LogP contribution in [0, 0.1) is 137 Å². The van der Waals surface area contributed by atoms with E-state index in [2.05, 4.69) is 83.9 Å². The number of aryl methyl sites for hydroxylation is 9. The van der Waals surface area contributed by atoms with Crippen LogP contribution in [-0.4, -0.2) is 84.0 Å². The van der Waals surface area contributed by atoms with Crippen molar-refractivity contribution in [1.29, 1.82) is 11.1 Å². The van der Waals surface area contributed by atoms with Crippen LogP contribution in [0.25, 0.3) is 11.4 Å². The molecule has 0 fully saturated rings. The smallest absolute Gasteiger partial charge is 0.323 e. The van der Waals surface area contributed by atoms with Crippen LogP contribution in [0.2, 0.25) is 40.2 Å². The van der Waals surface area contributed by atoms with Gasteiger partial charge < -0.3 is 54.7 Å². The summed E-state index contributed by atoms with van der Waals surface area (Å²) in [5.41, 5.74) is 36.2. The zero-order chi connectivity index (χ0) is 99.4. The van der Waals surface area contributed by atoms with E-state index in [1.165, 1.54) is 45.0 Å². The minimum Gasteiger partial charge on any atom is -0.480 e. The summed E-state index contributed by atoms with van der Waals surface area (Å²) in [6.07, 6.45) is 1.44. The molecule has 0 saturated carbocycles. The number of nitro groups is 1. The summed E-state index contributed by atoms with van der Waals surface area (Å²) in [5, 5.41) is 55.1. The summed E-state index contributed by atoms with van der Waals surface area (Å²) in [6.45, 7) is 40.0. The number of Topliss-reactive ketones (excluding diaryl/α,β-unsaturated/α-hetero) is 1. The van der Waals surface area contributed by atoms with E-state index in [9.17, 15) is 54.8 Å². The SMILES string of the molecule is C.C.CC(C)(N)C(=O)O.Cc1c(Br)c(Cl)c(F)c2c1-n1c(C)nnc1C(C)(C)N2.Cc1cc(Cl)c(F)c(Br)c1N.Cc1cc(Cl)c(F)c2c1-n1c(C)nnc1C(C)(C)N2.Cc1cc(Cl)c(F)c2c1C/C(=N\N)C(C)(C)N2.Cc1cc(Cl)c(F)c2c1CC(=O)C(C)(C)N2.Cc1cc(Cl)c(F)c2c1CC(=S)C(C)(C)N2.Cc1cc(Cl)c(F)cc1N.Cc1cc(Cl)c(F)cc1[N+](=O)[O-].N=N.[HH]. The Kier molecular flexibility index (Phi) is 39.4. The Hall–Kier alpha value is -8.98. The van der Waals surface area contributed by atoms with Crippen molar-refractivity contribution in [3.05, 3.63) is 245 Å². The van der Waals surface area contributed by atoms with E-state index >= 15 is 0 Å². The minimum absolute atomic E-state index is 0. The minimum atomic E-state index is -1.08. The third-order valence-electron chi connectivity index (χ3n) is 21.0. The van der Waals surface area contributed by atoms with Crippen molar-refractivity contribution in [3.8, 4) is 11.4 Å². The summed E-state index contributed by atoms with van der Waals surface area (Å²) in [7, 11) is 0. The molecule has 5 aliphatic rings. The van der Waals surface area contributed by atoms with E-state index in [4.69, 9.17) is 144 Å². The Bertz CT molecular complexity index is 6000. The number of fused-ring (bicyclic) bond motifs is 9. The highest BCUT2D eigenvalue weighted by Crippen LogP contribution is 2.48. The quantitative estimate of drug-likeness (QED) is 0.0112. The molecule has 0 bridgehead atoms. The average Bonchev–Trinajstić information content (AvgIpc) is 1.58. The lowest BCUT2D eigenvalue weighted by atomic mass is 9.85. The molecule has 2 aromatic heterocycles. The van der Waals surface area contributed by atoms with E-state index in [1.54, 1.807) is 52.0 Å². The number of carbonyl (C=O) groups is 2. The number of aliphatic carboxylic acids is 1. The molecule has 16 N–H and O–H groups in total. The number of hydrogen-bond donors (Lipinski definition) is 12. The highest BCUT2D eigenvalue weighted by atomic mass is 79.9. The maximum Gasteiger partial charge on any atom is 0.323 e. The summed E-state index contributed by atoms with van der Waals surface area (Å²) in [5.74, 6) is 3.53. The standard InChI is InChI=1S/C13H13BrClFN4.C13H14ClFN4.C12H15ClFN3.C12H13ClFNO.C12H13ClFNS.C7H6BrClFN.C7H5ClFNO2.C7H7ClFN.C4H9NO2.2CH4.H2N2.H2/c1-5-7(14)8(15)9(16)10-11(5)20-6(2)18-19-12(20)13(3,4)17-10;1-6-5-8(14)9(15)10-11(6)19-7(2)17-18-12(19)13(3,4)16-10;1-6-4-8(13)10(14)11-7(6)5-9(17-15)12(2,3)16-11;2*1-6-4-8(13)10(14)11-7(6)5-9(16)12(2,3)15-11;1-3-2-4(9)6(10)5(8)7(3)11;1-4-2-5(8)6(9)3-7(4)10(11)12;1-4-2-5(8)6(9)3-7(4)10;1-4(2,5)3(6)7;;;1-2;/h17H,1-4H3;5,16H,1-4H3;4,16H,5,15H2,1-3H3;2*4,15H,5H2,1-3H3;2H,11H2,1H3;2-3H,1H3;2-3H,10H2,1H3;5H2,1-2H3,(H,6,7);2*1H4;1-2H;1H/b;;17-9+;;;;;;;;;;. The van der Waals surface area contributed by atoms with Crippen molar-refractivity contribution in [2.75, 3.05) is 38.1 Å². The number of nitrogens with zero attached hydrogens (tertiary/aromatic N) is 8. The first-order valence-corrected chi connectivity index (χ1v) is 43.9. The lowest BCUT2D eigenvalue weighted by Gasteiger charge is -2.35. The lowest BCUT2D eigenvalue weighted by Crippen LogP contribution is -2.46. The highest BCUT2D eigenvalue weighted by molar-refractivity contribution is 9.11. The molecule has 0 spiro atoms. The number of carboxylic acid groups (broad SMARTS) is 1. The molecule has 15 rings (SSSR count). The van der Waals surface area contributed by atoms with Gasteiger partial charge in [0.2, 0.25) is 0 Å². The number of halogens is 18. The molecule has 0 atom stereocenters. The summed E-state index contributed by atoms with van der Waals surface area (Å²) in [4.78, 5) is 32.2. The van der Waals surface area contributed by atoms with Crippen molar-refractivity contribution in [2.45, 2.75) is 220 Å². The van der Waals surface area contributed by atoms with Crippen LogP contribution in [0.1, 0.15) is 184 Å². The fourth-order valence-electron chi connectivity index (χ4n) is 13.3. The van der Waals surface area contributed by atoms with E-state index < -0.39 is 79.3 Å². The monoisotopic (exact) mass is 2140 g/mol. The normalized spacial score (nSPS) is 14.7. The van der Waals surface area contributed by atoms with Crippen LogP contribution in [0.3, 0.4) is 0 Å². The molecule has 43 heteroatoms. The Morgan fingerprint density at radius 3 is 1.27 bits per heavy atom. The number of nitrogen functional groups attached to an aromatic ring is 2. The average molecular weight is 2150 g/mol. The van der Waals surface area contributed by atoms with Crippen molar-refractivity contribution in [1.82, 2.24) is 29.5 Å². The fourth-order valence-corrected chi connectivity index (χ4v) is 16.4. The molecule has 10 aromatic rings. The maximum absolute atomic E-state index is 14.5. The number of nitrogens with two attached hydrogens (primary N) is 4. The molecular formula is C89H107Br2Cl8F8N19O5S. The number of carbonyl (C=O) groups excluding carboxylic acids is 1. The van der Waals surface area contributed by atoms with Crippen molar-refractivity contribution in [2.24, 2.45) is 16.7 Å². The molecule has 24 nitrogen and oxygen atoms in total. The van der Waals surface area contributed by atoms with E-state index in [0.717, 1.165) is 89.9 Å². The molecule has 0 aliphatic carbocycles. The molecule has 0 radical (unpaired) electrons. The molecule has 0 unspecified atom stereocenters.